The highest BCUT2D eigenvalue weighted by Crippen LogP contribution is 2.26. The van der Waals surface area contributed by atoms with Crippen molar-refractivity contribution in [2.75, 3.05) is 19.9 Å². The molecular weight excluding hydrogens is 262 g/mol. The molecular formula is C11H16ClNO3S. The molecule has 6 heteroatoms. The van der Waals surface area contributed by atoms with Crippen molar-refractivity contribution in [3.63, 3.8) is 0 Å². The maximum absolute atomic E-state index is 11.1. The van der Waals surface area contributed by atoms with Crippen LogP contribution in [0.5, 0.6) is 0 Å². The van der Waals surface area contributed by atoms with Crippen molar-refractivity contribution in [2.24, 2.45) is 0 Å². The molecule has 4 nitrogen and oxygen atoms in total. The van der Waals surface area contributed by atoms with Gasteiger partial charge < -0.3 is 4.74 Å². The van der Waals surface area contributed by atoms with E-state index < -0.39 is 15.6 Å². The zero-order valence-corrected chi connectivity index (χ0v) is 11.6. The van der Waals surface area contributed by atoms with Gasteiger partial charge in [0.1, 0.15) is 5.60 Å². The molecule has 0 spiro atoms. The van der Waals surface area contributed by atoms with Crippen LogP contribution in [0.1, 0.15) is 12.5 Å². The van der Waals surface area contributed by atoms with Gasteiger partial charge in [-0.2, -0.15) is 0 Å². The highest BCUT2D eigenvalue weighted by atomic mass is 35.5. The first kappa shape index (κ1) is 14.4. The largest absolute Gasteiger partial charge is 0.372 e. The Hall–Kier alpha value is -0.620. The van der Waals surface area contributed by atoms with Gasteiger partial charge in [0.2, 0.25) is 10.0 Å². The lowest BCUT2D eigenvalue weighted by atomic mass is 9.96. The summed E-state index contributed by atoms with van der Waals surface area (Å²) in [5.41, 5.74) is 0.0807. The Morgan fingerprint density at radius 1 is 1.47 bits per heavy atom. The molecule has 1 rings (SSSR count). The van der Waals surface area contributed by atoms with Crippen LogP contribution in [0.3, 0.4) is 0 Å². The molecule has 0 aliphatic carbocycles. The summed E-state index contributed by atoms with van der Waals surface area (Å²) in [7, 11) is -1.72. The number of halogens is 1. The summed E-state index contributed by atoms with van der Waals surface area (Å²) in [4.78, 5) is 0. The van der Waals surface area contributed by atoms with Gasteiger partial charge in [-0.05, 0) is 24.6 Å². The minimum Gasteiger partial charge on any atom is -0.372 e. The molecule has 1 aromatic carbocycles. The first-order chi connectivity index (χ1) is 7.77. The molecule has 1 unspecified atom stereocenters. The molecule has 1 atom stereocenters. The number of ether oxygens (including phenoxy) is 1. The van der Waals surface area contributed by atoms with Crippen LogP contribution in [0.2, 0.25) is 5.02 Å². The fourth-order valence-electron chi connectivity index (χ4n) is 1.38. The normalized spacial score (nSPS) is 15.5. The predicted octanol–water partition coefficient (Wildman–Crippen LogP) is 1.75. The summed E-state index contributed by atoms with van der Waals surface area (Å²) in [6.45, 7) is 1.96. The molecule has 0 amide bonds. The van der Waals surface area contributed by atoms with Gasteiger partial charge in [-0.1, -0.05) is 23.7 Å². The Bertz CT molecular complexity index is 489. The van der Waals surface area contributed by atoms with E-state index in [9.17, 15) is 8.42 Å². The van der Waals surface area contributed by atoms with Crippen molar-refractivity contribution in [2.45, 2.75) is 12.5 Å². The Morgan fingerprint density at radius 3 is 2.59 bits per heavy atom. The van der Waals surface area contributed by atoms with Crippen molar-refractivity contribution in [1.29, 1.82) is 0 Å². The second kappa shape index (κ2) is 5.35. The van der Waals surface area contributed by atoms with Crippen LogP contribution in [0, 0.1) is 0 Å². The van der Waals surface area contributed by atoms with E-state index in [2.05, 4.69) is 4.72 Å². The molecule has 96 valence electrons. The lowest BCUT2D eigenvalue weighted by Gasteiger charge is -2.28. The number of nitrogens with one attached hydrogen (secondary N) is 1. The van der Waals surface area contributed by atoms with E-state index >= 15 is 0 Å². The van der Waals surface area contributed by atoms with Gasteiger partial charge in [-0.15, -0.1) is 0 Å². The van der Waals surface area contributed by atoms with Crippen LogP contribution in [-0.2, 0) is 20.4 Å². The number of benzene rings is 1. The average molecular weight is 278 g/mol. The zero-order chi connectivity index (χ0) is 13.1. The average Bonchev–Trinajstić information content (AvgIpc) is 2.25. The van der Waals surface area contributed by atoms with Crippen LogP contribution in [0.15, 0.2) is 24.3 Å². The quantitative estimate of drug-likeness (QED) is 0.892. The Kier molecular flexibility index (Phi) is 4.55. The van der Waals surface area contributed by atoms with Gasteiger partial charge in [0.25, 0.3) is 0 Å². The predicted molar refractivity (Wildman–Crippen MR) is 68.7 cm³/mol. The smallest absolute Gasteiger partial charge is 0.208 e. The van der Waals surface area contributed by atoms with Crippen LogP contribution in [0.25, 0.3) is 0 Å². The first-order valence-corrected chi connectivity index (χ1v) is 7.29. The number of methoxy groups -OCH3 is 1. The SMILES string of the molecule is COC(C)(CNS(C)(=O)=O)c1cccc(Cl)c1. The minimum absolute atomic E-state index is 0.155. The topological polar surface area (TPSA) is 55.4 Å². The molecule has 1 N–H and O–H groups in total. The summed E-state index contributed by atoms with van der Waals surface area (Å²) in [5, 5.41) is 0.588. The van der Waals surface area contributed by atoms with Crippen LogP contribution < -0.4 is 4.72 Å². The first-order valence-electron chi connectivity index (χ1n) is 5.03. The van der Waals surface area contributed by atoms with Gasteiger partial charge in [-0.25, -0.2) is 13.1 Å². The molecule has 0 aliphatic rings. The third-order valence-electron chi connectivity index (χ3n) is 2.56. The molecule has 17 heavy (non-hydrogen) atoms. The molecule has 0 heterocycles. The Morgan fingerprint density at radius 2 is 2.12 bits per heavy atom. The maximum Gasteiger partial charge on any atom is 0.208 e. The third-order valence-corrected chi connectivity index (χ3v) is 3.46. The highest BCUT2D eigenvalue weighted by molar-refractivity contribution is 7.88. The maximum atomic E-state index is 11.1. The van der Waals surface area contributed by atoms with Crippen molar-refractivity contribution >= 4 is 21.6 Å². The van der Waals surface area contributed by atoms with E-state index in [1.54, 1.807) is 25.1 Å². The van der Waals surface area contributed by atoms with Crippen molar-refractivity contribution in [3.05, 3.63) is 34.9 Å². The Labute approximate surface area is 107 Å². The van der Waals surface area contributed by atoms with Gasteiger partial charge in [0.15, 0.2) is 0 Å². The Balaban J connectivity index is 2.96. The molecule has 1 aromatic rings. The van der Waals surface area contributed by atoms with Crippen molar-refractivity contribution in [1.82, 2.24) is 4.72 Å². The van der Waals surface area contributed by atoms with Crippen molar-refractivity contribution in [3.8, 4) is 0 Å². The van der Waals surface area contributed by atoms with Crippen LogP contribution in [-0.4, -0.2) is 28.3 Å². The second-order valence-corrected chi connectivity index (χ2v) is 6.31. The lowest BCUT2D eigenvalue weighted by molar-refractivity contribution is 0.00702. The summed E-state index contributed by atoms with van der Waals surface area (Å²) in [6, 6.07) is 7.16. The summed E-state index contributed by atoms with van der Waals surface area (Å²) in [6.07, 6.45) is 1.11. The molecule has 0 saturated heterocycles. The fraction of sp³-hybridized carbons (Fsp3) is 0.455. The van der Waals surface area contributed by atoms with Crippen LogP contribution >= 0.6 is 11.6 Å². The van der Waals surface area contributed by atoms with Crippen LogP contribution in [0.4, 0.5) is 0 Å². The molecule has 0 saturated carbocycles. The number of hydrogen-bond donors (Lipinski definition) is 1. The minimum atomic E-state index is -3.25. The van der Waals surface area contributed by atoms with E-state index in [0.717, 1.165) is 11.8 Å². The van der Waals surface area contributed by atoms with Gasteiger partial charge in [-0.3, -0.25) is 0 Å². The summed E-state index contributed by atoms with van der Waals surface area (Å²) >= 11 is 5.90. The second-order valence-electron chi connectivity index (χ2n) is 4.04. The number of rotatable bonds is 5. The molecule has 0 radical (unpaired) electrons. The monoisotopic (exact) mass is 277 g/mol. The fourth-order valence-corrected chi connectivity index (χ4v) is 2.11. The van der Waals surface area contributed by atoms with Gasteiger partial charge in [0.05, 0.1) is 6.26 Å². The highest BCUT2D eigenvalue weighted by Gasteiger charge is 2.27. The molecule has 0 aromatic heterocycles. The molecule has 0 aliphatic heterocycles. The molecule has 0 fully saturated rings. The van der Waals surface area contributed by atoms with Crippen molar-refractivity contribution < 1.29 is 13.2 Å². The van der Waals surface area contributed by atoms with E-state index in [1.807, 2.05) is 6.07 Å². The zero-order valence-electron chi connectivity index (χ0n) is 10.0. The summed E-state index contributed by atoms with van der Waals surface area (Å²) < 4.78 is 30.0. The number of sulfonamides is 1. The van der Waals surface area contributed by atoms with E-state index in [0.29, 0.717) is 5.02 Å². The van der Waals surface area contributed by atoms with E-state index in [-0.39, 0.29) is 6.54 Å². The molecule has 0 bridgehead atoms. The van der Waals surface area contributed by atoms with Gasteiger partial charge >= 0.3 is 0 Å². The van der Waals surface area contributed by atoms with E-state index in [4.69, 9.17) is 16.3 Å². The number of hydrogen-bond acceptors (Lipinski definition) is 3. The lowest BCUT2D eigenvalue weighted by Crippen LogP contribution is -2.39. The van der Waals surface area contributed by atoms with Gasteiger partial charge in [0, 0.05) is 18.7 Å². The van der Waals surface area contributed by atoms with E-state index in [1.165, 1.54) is 7.11 Å². The summed E-state index contributed by atoms with van der Waals surface area (Å²) in [5.74, 6) is 0. The third kappa shape index (κ3) is 4.27. The standard InChI is InChI=1S/C11H16ClNO3S/c1-11(16-2,8-13-17(3,14)15)9-5-4-6-10(12)7-9/h4-7,13H,8H2,1-3H3.